The lowest BCUT2D eigenvalue weighted by molar-refractivity contribution is 0.0209. The van der Waals surface area contributed by atoms with Gasteiger partial charge >= 0.3 is 0 Å². The summed E-state index contributed by atoms with van der Waals surface area (Å²) in [5.41, 5.74) is 6.63. The van der Waals surface area contributed by atoms with Gasteiger partial charge in [0.1, 0.15) is 0 Å². The maximum absolute atomic E-state index is 9.18. The average Bonchev–Trinajstić information content (AvgIpc) is 2.49. The predicted molar refractivity (Wildman–Crippen MR) is 49.7 cm³/mol. The Kier molecular flexibility index (Phi) is 1.75. The molecule has 0 atom stereocenters. The van der Waals surface area contributed by atoms with Gasteiger partial charge in [-0.15, -0.1) is 0 Å². The molecule has 1 aromatic heterocycles. The third-order valence-corrected chi connectivity index (χ3v) is 2.56. The van der Waals surface area contributed by atoms with Gasteiger partial charge in [-0.3, -0.25) is 0 Å². The predicted octanol–water partition coefficient (Wildman–Crippen LogP) is 0.292. The second kappa shape index (κ2) is 2.68. The fourth-order valence-corrected chi connectivity index (χ4v) is 1.71. The zero-order valence-corrected chi connectivity index (χ0v) is 7.35. The largest absolute Gasteiger partial charge is 0.393 e. The Balaban J connectivity index is 2.21. The third kappa shape index (κ3) is 1.28. The van der Waals surface area contributed by atoms with Crippen molar-refractivity contribution in [1.82, 2.24) is 9.78 Å². The van der Waals surface area contributed by atoms with Crippen LogP contribution >= 0.6 is 0 Å². The van der Waals surface area contributed by atoms with Gasteiger partial charge in [-0.1, -0.05) is 6.58 Å². The minimum atomic E-state index is -0.374. The first-order valence-corrected chi connectivity index (χ1v) is 4.28. The van der Waals surface area contributed by atoms with Crippen molar-refractivity contribution in [1.29, 1.82) is 0 Å². The molecule has 1 fully saturated rings. The molecule has 1 heterocycles. The Labute approximate surface area is 76.7 Å². The number of nitrogens with two attached hydrogens (primary N) is 1. The van der Waals surface area contributed by atoms with E-state index in [0.717, 1.165) is 5.56 Å². The highest BCUT2D eigenvalue weighted by Gasteiger charge is 2.42. The number of nitrogens with zero attached hydrogens (tertiary/aromatic N) is 2. The van der Waals surface area contributed by atoms with Gasteiger partial charge in [0, 0.05) is 23.5 Å². The number of rotatable bonds is 2. The van der Waals surface area contributed by atoms with Crippen LogP contribution in [0.5, 0.6) is 0 Å². The molecule has 0 spiro atoms. The van der Waals surface area contributed by atoms with E-state index in [1.165, 1.54) is 0 Å². The van der Waals surface area contributed by atoms with Crippen LogP contribution in [0.25, 0.3) is 6.20 Å². The molecule has 0 aliphatic heterocycles. The number of aromatic nitrogens is 2. The lowest BCUT2D eigenvalue weighted by Gasteiger charge is -2.41. The first-order valence-electron chi connectivity index (χ1n) is 4.28. The second-order valence-electron chi connectivity index (χ2n) is 3.61. The SMILES string of the molecule is C=Cn1cc(C2(N)CC(O)C2)cn1. The van der Waals surface area contributed by atoms with Gasteiger partial charge in [0.25, 0.3) is 0 Å². The minimum absolute atomic E-state index is 0.253. The molecule has 0 unspecified atom stereocenters. The van der Waals surface area contributed by atoms with Gasteiger partial charge in [0.15, 0.2) is 0 Å². The van der Waals surface area contributed by atoms with E-state index in [-0.39, 0.29) is 11.6 Å². The molecule has 1 saturated carbocycles. The Morgan fingerprint density at radius 2 is 2.46 bits per heavy atom. The molecule has 13 heavy (non-hydrogen) atoms. The fraction of sp³-hybridized carbons (Fsp3) is 0.444. The minimum Gasteiger partial charge on any atom is -0.393 e. The van der Waals surface area contributed by atoms with Crippen LogP contribution in [-0.4, -0.2) is 21.0 Å². The zero-order valence-electron chi connectivity index (χ0n) is 7.35. The summed E-state index contributed by atoms with van der Waals surface area (Å²) in [7, 11) is 0. The molecule has 0 saturated heterocycles. The monoisotopic (exact) mass is 179 g/mol. The van der Waals surface area contributed by atoms with E-state index >= 15 is 0 Å². The van der Waals surface area contributed by atoms with Gasteiger partial charge in [-0.25, -0.2) is 4.68 Å². The molecule has 2 rings (SSSR count). The van der Waals surface area contributed by atoms with E-state index in [0.29, 0.717) is 12.8 Å². The number of aliphatic hydroxyl groups is 1. The van der Waals surface area contributed by atoms with Gasteiger partial charge in [0.2, 0.25) is 0 Å². The number of hydrogen-bond donors (Lipinski definition) is 2. The van der Waals surface area contributed by atoms with Gasteiger partial charge in [0.05, 0.1) is 12.3 Å². The van der Waals surface area contributed by atoms with Crippen molar-refractivity contribution < 1.29 is 5.11 Å². The van der Waals surface area contributed by atoms with Crippen molar-refractivity contribution in [2.75, 3.05) is 0 Å². The van der Waals surface area contributed by atoms with Crippen LogP contribution in [0.15, 0.2) is 19.0 Å². The molecular formula is C9H13N3O. The zero-order chi connectivity index (χ0) is 9.47. The van der Waals surface area contributed by atoms with Crippen molar-refractivity contribution in [3.05, 3.63) is 24.5 Å². The second-order valence-corrected chi connectivity index (χ2v) is 3.61. The molecule has 4 nitrogen and oxygen atoms in total. The van der Waals surface area contributed by atoms with E-state index in [9.17, 15) is 5.11 Å². The van der Waals surface area contributed by atoms with Crippen LogP contribution < -0.4 is 5.73 Å². The van der Waals surface area contributed by atoms with E-state index in [2.05, 4.69) is 11.7 Å². The van der Waals surface area contributed by atoms with Crippen LogP contribution in [0.1, 0.15) is 18.4 Å². The first kappa shape index (κ1) is 8.47. The average molecular weight is 179 g/mol. The lowest BCUT2D eigenvalue weighted by atomic mass is 9.72. The smallest absolute Gasteiger partial charge is 0.0582 e. The van der Waals surface area contributed by atoms with Crippen LogP contribution in [-0.2, 0) is 5.54 Å². The highest BCUT2D eigenvalue weighted by atomic mass is 16.3. The van der Waals surface area contributed by atoms with Gasteiger partial charge in [-0.05, 0) is 12.8 Å². The lowest BCUT2D eigenvalue weighted by Crippen LogP contribution is -2.51. The molecule has 3 N–H and O–H groups in total. The van der Waals surface area contributed by atoms with Crippen molar-refractivity contribution in [2.24, 2.45) is 5.73 Å². The molecular weight excluding hydrogens is 166 g/mol. The van der Waals surface area contributed by atoms with Crippen LogP contribution in [0.3, 0.4) is 0 Å². The molecule has 0 radical (unpaired) electrons. The molecule has 1 aliphatic carbocycles. The third-order valence-electron chi connectivity index (χ3n) is 2.56. The maximum Gasteiger partial charge on any atom is 0.0582 e. The Morgan fingerprint density at radius 3 is 2.92 bits per heavy atom. The van der Waals surface area contributed by atoms with E-state index in [1.54, 1.807) is 17.1 Å². The summed E-state index contributed by atoms with van der Waals surface area (Å²) < 4.78 is 1.62. The molecule has 0 bridgehead atoms. The topological polar surface area (TPSA) is 64.1 Å². The van der Waals surface area contributed by atoms with Crippen molar-refractivity contribution in [3.8, 4) is 0 Å². The highest BCUT2D eigenvalue weighted by Crippen LogP contribution is 2.38. The van der Waals surface area contributed by atoms with E-state index in [4.69, 9.17) is 5.73 Å². The number of aliphatic hydroxyl groups excluding tert-OH is 1. The highest BCUT2D eigenvalue weighted by molar-refractivity contribution is 5.26. The Morgan fingerprint density at radius 1 is 1.77 bits per heavy atom. The quantitative estimate of drug-likeness (QED) is 0.686. The molecule has 0 aromatic carbocycles. The van der Waals surface area contributed by atoms with Crippen LogP contribution in [0.4, 0.5) is 0 Å². The van der Waals surface area contributed by atoms with Crippen LogP contribution in [0, 0.1) is 0 Å². The number of hydrogen-bond acceptors (Lipinski definition) is 3. The summed E-state index contributed by atoms with van der Waals surface area (Å²) in [5.74, 6) is 0. The Bertz CT molecular complexity index is 325. The molecule has 1 aliphatic rings. The summed E-state index contributed by atoms with van der Waals surface area (Å²) in [5, 5.41) is 13.2. The first-order chi connectivity index (χ1) is 6.14. The molecule has 1 aromatic rings. The summed E-state index contributed by atoms with van der Waals surface area (Å²) in [6, 6.07) is 0. The van der Waals surface area contributed by atoms with Crippen molar-refractivity contribution in [3.63, 3.8) is 0 Å². The molecule has 70 valence electrons. The van der Waals surface area contributed by atoms with Crippen LogP contribution in [0.2, 0.25) is 0 Å². The summed E-state index contributed by atoms with van der Waals surface area (Å²) in [4.78, 5) is 0. The van der Waals surface area contributed by atoms with Crippen molar-refractivity contribution >= 4 is 6.20 Å². The fourth-order valence-electron chi connectivity index (χ4n) is 1.71. The van der Waals surface area contributed by atoms with Gasteiger partial charge < -0.3 is 10.8 Å². The van der Waals surface area contributed by atoms with Gasteiger partial charge in [-0.2, -0.15) is 5.10 Å². The normalized spacial score (nSPS) is 32.6. The summed E-state index contributed by atoms with van der Waals surface area (Å²) in [6.45, 7) is 3.60. The van der Waals surface area contributed by atoms with E-state index < -0.39 is 0 Å². The van der Waals surface area contributed by atoms with Crippen molar-refractivity contribution in [2.45, 2.75) is 24.5 Å². The molecule has 4 heteroatoms. The summed E-state index contributed by atoms with van der Waals surface area (Å²) >= 11 is 0. The molecule has 0 amide bonds. The maximum atomic E-state index is 9.18. The standard InChI is InChI=1S/C9H13N3O/c1-2-12-6-7(5-11-12)9(10)3-8(13)4-9/h2,5-6,8,13H,1,3-4,10H2. The van der Waals surface area contributed by atoms with E-state index in [1.807, 2.05) is 6.20 Å². The Hall–Kier alpha value is -1.13. The summed E-state index contributed by atoms with van der Waals surface area (Å²) in [6.07, 6.45) is 6.18.